The summed E-state index contributed by atoms with van der Waals surface area (Å²) in [6.45, 7) is 5.30. The smallest absolute Gasteiger partial charge is 0.123 e. The Bertz CT molecular complexity index is 477. The molecule has 0 saturated carbocycles. The monoisotopic (exact) mass is 322 g/mol. The average Bonchev–Trinajstić information content (AvgIpc) is 2.84. The van der Waals surface area contributed by atoms with Crippen molar-refractivity contribution in [2.75, 3.05) is 32.9 Å². The van der Waals surface area contributed by atoms with Crippen LogP contribution in [0.5, 0.6) is 0 Å². The third-order valence-corrected chi connectivity index (χ3v) is 5.30. The van der Waals surface area contributed by atoms with E-state index in [9.17, 15) is 8.78 Å². The highest BCUT2D eigenvalue weighted by molar-refractivity contribution is 5.16. The van der Waals surface area contributed by atoms with Crippen LogP contribution in [0.3, 0.4) is 0 Å². The van der Waals surface area contributed by atoms with Crippen LogP contribution < -0.4 is 0 Å². The molecule has 2 atom stereocenters. The van der Waals surface area contributed by atoms with E-state index in [0.29, 0.717) is 12.5 Å². The molecule has 0 amide bonds. The Morgan fingerprint density at radius 1 is 0.957 bits per heavy atom. The van der Waals surface area contributed by atoms with Crippen molar-refractivity contribution in [1.82, 2.24) is 9.80 Å². The fourth-order valence-corrected chi connectivity index (χ4v) is 4.11. The van der Waals surface area contributed by atoms with E-state index >= 15 is 0 Å². The number of nitrogens with zero attached hydrogens (tertiary/aromatic N) is 2. The minimum Gasteiger partial charge on any atom is -0.299 e. The highest BCUT2D eigenvalue weighted by Crippen LogP contribution is 2.29. The van der Waals surface area contributed by atoms with E-state index < -0.39 is 0 Å². The average molecular weight is 322 g/mol. The van der Waals surface area contributed by atoms with Crippen molar-refractivity contribution in [3.8, 4) is 0 Å². The van der Waals surface area contributed by atoms with Crippen LogP contribution in [0.2, 0.25) is 0 Å². The summed E-state index contributed by atoms with van der Waals surface area (Å²) in [6, 6.07) is 7.55. The molecule has 0 radical (unpaired) electrons. The van der Waals surface area contributed by atoms with Crippen LogP contribution in [0.25, 0.3) is 0 Å². The van der Waals surface area contributed by atoms with Crippen molar-refractivity contribution in [2.45, 2.75) is 44.7 Å². The lowest BCUT2D eigenvalue weighted by Gasteiger charge is -2.36. The van der Waals surface area contributed by atoms with Gasteiger partial charge in [0.05, 0.1) is 6.67 Å². The number of fused-ring (bicyclic) bond motifs is 4. The third kappa shape index (κ3) is 4.74. The Morgan fingerprint density at radius 3 is 2.57 bits per heavy atom. The van der Waals surface area contributed by atoms with Crippen LogP contribution >= 0.6 is 0 Å². The van der Waals surface area contributed by atoms with E-state index in [1.54, 1.807) is 12.1 Å². The lowest BCUT2D eigenvalue weighted by Crippen LogP contribution is -2.44. The van der Waals surface area contributed by atoms with Gasteiger partial charge in [-0.05, 0) is 62.3 Å². The molecule has 0 spiro atoms. The predicted octanol–water partition coefficient (Wildman–Crippen LogP) is 3.86. The van der Waals surface area contributed by atoms with Crippen LogP contribution in [0, 0.1) is 11.7 Å². The van der Waals surface area contributed by atoms with Gasteiger partial charge in [-0.15, -0.1) is 0 Å². The molecule has 0 aromatic heterocycles. The topological polar surface area (TPSA) is 6.48 Å². The zero-order valence-electron chi connectivity index (χ0n) is 13.9. The molecule has 3 saturated heterocycles. The number of hydrogen-bond donors (Lipinski definition) is 0. The van der Waals surface area contributed by atoms with Crippen molar-refractivity contribution >= 4 is 0 Å². The summed E-state index contributed by atoms with van der Waals surface area (Å²) in [5.74, 6) is 0.583. The minimum absolute atomic E-state index is 0.163. The van der Waals surface area contributed by atoms with Crippen molar-refractivity contribution in [3.63, 3.8) is 0 Å². The summed E-state index contributed by atoms with van der Waals surface area (Å²) in [4.78, 5) is 5.17. The molecular weight excluding hydrogens is 294 g/mol. The molecule has 0 unspecified atom stereocenters. The first-order chi connectivity index (χ1) is 11.2. The van der Waals surface area contributed by atoms with Crippen molar-refractivity contribution in [3.05, 3.63) is 35.6 Å². The van der Waals surface area contributed by atoms with Gasteiger partial charge in [0, 0.05) is 32.2 Å². The van der Waals surface area contributed by atoms with Crippen LogP contribution in [-0.4, -0.2) is 48.7 Å². The molecule has 2 bridgehead atoms. The van der Waals surface area contributed by atoms with Gasteiger partial charge >= 0.3 is 0 Å². The lowest BCUT2D eigenvalue weighted by molar-refractivity contribution is 0.128. The van der Waals surface area contributed by atoms with Crippen LogP contribution in [0.4, 0.5) is 8.78 Å². The van der Waals surface area contributed by atoms with Crippen molar-refractivity contribution in [2.24, 2.45) is 5.92 Å². The summed E-state index contributed by atoms with van der Waals surface area (Å²) in [5.41, 5.74) is 1.20. The van der Waals surface area contributed by atoms with E-state index in [4.69, 9.17) is 0 Å². The SMILES string of the molecule is FCCCCCN1C[C@H]2CC[C@@H]1CN(Cc1ccc(F)cc1)C2. The maximum absolute atomic E-state index is 13.0. The second kappa shape index (κ2) is 8.20. The molecule has 4 heteroatoms. The van der Waals surface area contributed by atoms with E-state index in [2.05, 4.69) is 9.80 Å². The number of benzene rings is 1. The molecule has 2 nitrogen and oxygen atoms in total. The van der Waals surface area contributed by atoms with E-state index in [0.717, 1.165) is 44.9 Å². The number of hydrogen-bond acceptors (Lipinski definition) is 2. The van der Waals surface area contributed by atoms with Crippen molar-refractivity contribution < 1.29 is 8.78 Å². The standard InChI is InChI=1S/C19H28F2N2/c20-10-2-1-3-11-23-14-17-6-9-19(23)15-22(13-17)12-16-4-7-18(21)8-5-16/h4-5,7-8,17,19H,1-3,6,9-15H2/t17-,19+/m0/s1. The van der Waals surface area contributed by atoms with Gasteiger partial charge in [-0.25, -0.2) is 4.39 Å². The lowest BCUT2D eigenvalue weighted by atomic mass is 9.95. The number of rotatable bonds is 7. The summed E-state index contributed by atoms with van der Waals surface area (Å²) in [5, 5.41) is 0. The maximum Gasteiger partial charge on any atom is 0.123 e. The predicted molar refractivity (Wildman–Crippen MR) is 89.6 cm³/mol. The first-order valence-corrected chi connectivity index (χ1v) is 9.01. The Morgan fingerprint density at radius 2 is 1.78 bits per heavy atom. The normalized spacial score (nSPS) is 25.7. The molecule has 0 N–H and O–H groups in total. The molecule has 4 rings (SSSR count). The molecule has 23 heavy (non-hydrogen) atoms. The van der Waals surface area contributed by atoms with Gasteiger partial charge in [-0.3, -0.25) is 14.2 Å². The molecule has 3 fully saturated rings. The quantitative estimate of drug-likeness (QED) is 0.703. The second-order valence-electron chi connectivity index (χ2n) is 7.16. The third-order valence-electron chi connectivity index (χ3n) is 5.30. The first kappa shape index (κ1) is 16.8. The molecule has 3 heterocycles. The van der Waals surface area contributed by atoms with E-state index in [1.165, 1.54) is 24.9 Å². The van der Waals surface area contributed by atoms with Gasteiger partial charge in [-0.2, -0.15) is 0 Å². The number of alkyl halides is 1. The van der Waals surface area contributed by atoms with E-state index in [1.807, 2.05) is 12.1 Å². The van der Waals surface area contributed by atoms with Crippen molar-refractivity contribution in [1.29, 1.82) is 0 Å². The Balaban J connectivity index is 1.54. The summed E-state index contributed by atoms with van der Waals surface area (Å²) in [6.07, 6.45) is 5.44. The zero-order chi connectivity index (χ0) is 16.1. The highest BCUT2D eigenvalue weighted by Gasteiger charge is 2.34. The fraction of sp³-hybridized carbons (Fsp3) is 0.684. The van der Waals surface area contributed by atoms with E-state index in [-0.39, 0.29) is 12.5 Å². The van der Waals surface area contributed by atoms with Gasteiger partial charge in [0.2, 0.25) is 0 Å². The van der Waals surface area contributed by atoms with Gasteiger partial charge in [0.25, 0.3) is 0 Å². The fourth-order valence-electron chi connectivity index (χ4n) is 4.11. The molecule has 128 valence electrons. The molecular formula is C19H28F2N2. The molecule has 1 aromatic carbocycles. The zero-order valence-corrected chi connectivity index (χ0v) is 13.9. The second-order valence-corrected chi connectivity index (χ2v) is 7.16. The van der Waals surface area contributed by atoms with Gasteiger partial charge in [0.1, 0.15) is 5.82 Å². The summed E-state index contributed by atoms with van der Waals surface area (Å²) >= 11 is 0. The largest absolute Gasteiger partial charge is 0.299 e. The van der Waals surface area contributed by atoms with Crippen LogP contribution in [0.1, 0.15) is 37.7 Å². The number of halogens is 2. The van der Waals surface area contributed by atoms with Crippen LogP contribution in [-0.2, 0) is 6.54 Å². The molecule has 3 aliphatic heterocycles. The summed E-state index contributed by atoms with van der Waals surface area (Å²) < 4.78 is 25.3. The van der Waals surface area contributed by atoms with Gasteiger partial charge in [0.15, 0.2) is 0 Å². The number of piperidine rings is 1. The first-order valence-electron chi connectivity index (χ1n) is 9.01. The van der Waals surface area contributed by atoms with Gasteiger partial charge in [-0.1, -0.05) is 12.1 Å². The molecule has 1 aromatic rings. The van der Waals surface area contributed by atoms with Crippen LogP contribution in [0.15, 0.2) is 24.3 Å². The highest BCUT2D eigenvalue weighted by atomic mass is 19.1. The molecule has 0 aliphatic carbocycles. The maximum atomic E-state index is 13.0. The minimum atomic E-state index is -0.183. The molecule has 3 aliphatic rings. The Hall–Kier alpha value is -1.00. The summed E-state index contributed by atoms with van der Waals surface area (Å²) in [7, 11) is 0. The Kier molecular flexibility index (Phi) is 6.01. The van der Waals surface area contributed by atoms with Gasteiger partial charge < -0.3 is 0 Å². The Labute approximate surface area is 138 Å². The number of unbranched alkanes of at least 4 members (excludes halogenated alkanes) is 2.